The van der Waals surface area contributed by atoms with Gasteiger partial charge in [-0.15, -0.1) is 0 Å². The lowest BCUT2D eigenvalue weighted by molar-refractivity contribution is 0.0677. The summed E-state index contributed by atoms with van der Waals surface area (Å²) in [5.74, 6) is 3.28. The summed E-state index contributed by atoms with van der Waals surface area (Å²) >= 11 is 1.86. The first kappa shape index (κ1) is 10.9. The molecule has 1 atom stereocenters. The van der Waals surface area contributed by atoms with E-state index in [2.05, 4.69) is 15.5 Å². The summed E-state index contributed by atoms with van der Waals surface area (Å²) in [6.07, 6.45) is 0.00266. The lowest BCUT2D eigenvalue weighted by Gasteiger charge is -2.18. The summed E-state index contributed by atoms with van der Waals surface area (Å²) in [7, 11) is 0. The molecule has 1 aromatic rings. The van der Waals surface area contributed by atoms with Gasteiger partial charge in [0.1, 0.15) is 6.10 Å². The molecule has 1 saturated heterocycles. The zero-order chi connectivity index (χ0) is 10.5. The number of hydrogen-bond acceptors (Lipinski definition) is 6. The highest BCUT2D eigenvalue weighted by molar-refractivity contribution is 7.99. The van der Waals surface area contributed by atoms with Crippen LogP contribution in [0.3, 0.4) is 0 Å². The monoisotopic (exact) mass is 229 g/mol. The van der Waals surface area contributed by atoms with E-state index in [1.807, 2.05) is 18.7 Å². The van der Waals surface area contributed by atoms with Crippen LogP contribution in [0.25, 0.3) is 0 Å². The molecule has 1 aromatic heterocycles. The van der Waals surface area contributed by atoms with Crippen molar-refractivity contribution in [3.63, 3.8) is 0 Å². The Morgan fingerprint density at radius 1 is 1.60 bits per heavy atom. The van der Waals surface area contributed by atoms with E-state index in [9.17, 15) is 0 Å². The molecule has 1 N–H and O–H groups in total. The van der Waals surface area contributed by atoms with E-state index in [1.165, 1.54) is 0 Å². The molecule has 0 saturated carbocycles. The molecule has 0 spiro atoms. The standard InChI is InChI=1S/C9H15N3O2S/c1-2-10-5-8-11-9(12-14-8)7-6-15-4-3-13-7/h7,10H,2-6H2,1H3. The largest absolute Gasteiger partial charge is 0.368 e. The van der Waals surface area contributed by atoms with Crippen LogP contribution in [0.5, 0.6) is 0 Å². The normalized spacial score (nSPS) is 21.8. The van der Waals surface area contributed by atoms with E-state index < -0.39 is 0 Å². The van der Waals surface area contributed by atoms with Crippen molar-refractivity contribution in [2.75, 3.05) is 24.7 Å². The quantitative estimate of drug-likeness (QED) is 0.830. The van der Waals surface area contributed by atoms with Crippen LogP contribution < -0.4 is 5.32 Å². The van der Waals surface area contributed by atoms with Gasteiger partial charge < -0.3 is 14.6 Å². The Morgan fingerprint density at radius 3 is 3.27 bits per heavy atom. The van der Waals surface area contributed by atoms with Gasteiger partial charge >= 0.3 is 0 Å². The molecular weight excluding hydrogens is 214 g/mol. The fraction of sp³-hybridized carbons (Fsp3) is 0.778. The zero-order valence-corrected chi connectivity index (χ0v) is 9.55. The highest BCUT2D eigenvalue weighted by Crippen LogP contribution is 2.24. The molecule has 2 rings (SSSR count). The third-order valence-electron chi connectivity index (χ3n) is 2.11. The average Bonchev–Trinajstić information content (AvgIpc) is 2.76. The molecule has 6 heteroatoms. The molecule has 0 radical (unpaired) electrons. The van der Waals surface area contributed by atoms with Crippen molar-refractivity contribution in [1.29, 1.82) is 0 Å². The van der Waals surface area contributed by atoms with Crippen molar-refractivity contribution in [3.8, 4) is 0 Å². The Kier molecular flexibility index (Phi) is 3.99. The second-order valence-corrected chi connectivity index (χ2v) is 4.41. The third kappa shape index (κ3) is 2.93. The van der Waals surface area contributed by atoms with Gasteiger partial charge in [-0.05, 0) is 6.54 Å². The van der Waals surface area contributed by atoms with Gasteiger partial charge in [-0.1, -0.05) is 12.1 Å². The van der Waals surface area contributed by atoms with Crippen molar-refractivity contribution >= 4 is 11.8 Å². The Morgan fingerprint density at radius 2 is 2.53 bits per heavy atom. The van der Waals surface area contributed by atoms with Crippen molar-refractivity contribution in [2.24, 2.45) is 0 Å². The number of rotatable bonds is 4. The van der Waals surface area contributed by atoms with E-state index >= 15 is 0 Å². The first-order valence-electron chi connectivity index (χ1n) is 5.12. The molecule has 5 nitrogen and oxygen atoms in total. The summed E-state index contributed by atoms with van der Waals surface area (Å²) in [6, 6.07) is 0. The van der Waals surface area contributed by atoms with Gasteiger partial charge in [0.05, 0.1) is 13.2 Å². The molecule has 0 amide bonds. The predicted octanol–water partition coefficient (Wildman–Crippen LogP) is 0.984. The molecule has 0 bridgehead atoms. The van der Waals surface area contributed by atoms with Crippen molar-refractivity contribution in [2.45, 2.75) is 19.6 Å². The van der Waals surface area contributed by atoms with Crippen LogP contribution >= 0.6 is 11.8 Å². The lowest BCUT2D eigenvalue weighted by Crippen LogP contribution is -2.17. The Bertz CT molecular complexity index is 299. The summed E-state index contributed by atoms with van der Waals surface area (Å²) < 4.78 is 10.7. The van der Waals surface area contributed by atoms with Gasteiger partial charge in [0, 0.05) is 11.5 Å². The molecule has 1 aliphatic heterocycles. The maximum absolute atomic E-state index is 5.56. The molecule has 1 unspecified atom stereocenters. The van der Waals surface area contributed by atoms with E-state index in [1.54, 1.807) is 0 Å². The summed E-state index contributed by atoms with van der Waals surface area (Å²) in [4.78, 5) is 4.29. The molecule has 0 aliphatic carbocycles. The van der Waals surface area contributed by atoms with Gasteiger partial charge in [-0.25, -0.2) is 0 Å². The Balaban J connectivity index is 1.93. The molecule has 2 heterocycles. The Labute approximate surface area is 93.0 Å². The van der Waals surface area contributed by atoms with E-state index in [0.717, 1.165) is 24.7 Å². The first-order chi connectivity index (χ1) is 7.40. The number of nitrogens with zero attached hydrogens (tertiary/aromatic N) is 2. The van der Waals surface area contributed by atoms with E-state index in [0.29, 0.717) is 18.3 Å². The van der Waals surface area contributed by atoms with Crippen LogP contribution in [-0.4, -0.2) is 34.8 Å². The number of nitrogens with one attached hydrogen (secondary N) is 1. The second kappa shape index (κ2) is 5.48. The minimum atomic E-state index is 0.00266. The molecule has 84 valence electrons. The third-order valence-corrected chi connectivity index (χ3v) is 3.11. The number of aromatic nitrogens is 2. The molecule has 1 aliphatic rings. The summed E-state index contributed by atoms with van der Waals surface area (Å²) in [5.41, 5.74) is 0. The van der Waals surface area contributed by atoms with Gasteiger partial charge in [0.25, 0.3) is 0 Å². The molecule has 0 aromatic carbocycles. The van der Waals surface area contributed by atoms with Crippen molar-refractivity contribution in [3.05, 3.63) is 11.7 Å². The van der Waals surface area contributed by atoms with Crippen LogP contribution in [0.2, 0.25) is 0 Å². The van der Waals surface area contributed by atoms with Crippen LogP contribution in [0.15, 0.2) is 4.52 Å². The highest BCUT2D eigenvalue weighted by atomic mass is 32.2. The molecule has 1 fully saturated rings. The number of ether oxygens (including phenoxy) is 1. The van der Waals surface area contributed by atoms with Crippen molar-refractivity contribution in [1.82, 2.24) is 15.5 Å². The summed E-state index contributed by atoms with van der Waals surface area (Å²) in [6.45, 7) is 4.33. The average molecular weight is 229 g/mol. The van der Waals surface area contributed by atoms with Crippen LogP contribution in [0, 0.1) is 0 Å². The molecular formula is C9H15N3O2S. The van der Waals surface area contributed by atoms with Crippen LogP contribution in [0.4, 0.5) is 0 Å². The summed E-state index contributed by atoms with van der Waals surface area (Å²) in [5, 5.41) is 7.07. The zero-order valence-electron chi connectivity index (χ0n) is 8.73. The van der Waals surface area contributed by atoms with Gasteiger partial charge in [-0.3, -0.25) is 0 Å². The topological polar surface area (TPSA) is 60.2 Å². The number of hydrogen-bond donors (Lipinski definition) is 1. The minimum Gasteiger partial charge on any atom is -0.368 e. The fourth-order valence-corrected chi connectivity index (χ4v) is 2.18. The minimum absolute atomic E-state index is 0.00266. The smallest absolute Gasteiger partial charge is 0.240 e. The number of thioether (sulfide) groups is 1. The van der Waals surface area contributed by atoms with E-state index in [-0.39, 0.29) is 6.10 Å². The van der Waals surface area contributed by atoms with Crippen LogP contribution in [0.1, 0.15) is 24.7 Å². The van der Waals surface area contributed by atoms with Crippen LogP contribution in [-0.2, 0) is 11.3 Å². The van der Waals surface area contributed by atoms with Crippen molar-refractivity contribution < 1.29 is 9.26 Å². The van der Waals surface area contributed by atoms with E-state index in [4.69, 9.17) is 9.26 Å². The highest BCUT2D eigenvalue weighted by Gasteiger charge is 2.21. The molecule has 15 heavy (non-hydrogen) atoms. The maximum atomic E-state index is 5.56. The van der Waals surface area contributed by atoms with Gasteiger partial charge in [0.15, 0.2) is 0 Å². The maximum Gasteiger partial charge on any atom is 0.240 e. The second-order valence-electron chi connectivity index (χ2n) is 3.26. The Hall–Kier alpha value is -0.590. The van der Waals surface area contributed by atoms with Gasteiger partial charge in [0.2, 0.25) is 11.7 Å². The lowest BCUT2D eigenvalue weighted by atomic mass is 10.4. The predicted molar refractivity (Wildman–Crippen MR) is 57.7 cm³/mol. The fourth-order valence-electron chi connectivity index (χ4n) is 1.34. The van der Waals surface area contributed by atoms with Gasteiger partial charge in [-0.2, -0.15) is 16.7 Å². The first-order valence-corrected chi connectivity index (χ1v) is 6.28. The SMILES string of the molecule is CCNCc1nc(C2CSCCO2)no1.